The summed E-state index contributed by atoms with van der Waals surface area (Å²) in [5.41, 5.74) is 0.889. The Bertz CT molecular complexity index is 1190. The molecule has 3 aromatic rings. The van der Waals surface area contributed by atoms with Crippen LogP contribution in [0.15, 0.2) is 65.5 Å². The maximum absolute atomic E-state index is 13.9. The van der Waals surface area contributed by atoms with Crippen LogP contribution in [0.3, 0.4) is 0 Å². The molecule has 1 saturated carbocycles. The van der Waals surface area contributed by atoms with Gasteiger partial charge in [0.15, 0.2) is 0 Å². The summed E-state index contributed by atoms with van der Waals surface area (Å²) in [5, 5.41) is 3.42. The first kappa shape index (κ1) is 17.8. The highest BCUT2D eigenvalue weighted by atomic mass is 19.1. The number of carbonyl (C=O) groups excluding carboxylic acids is 1. The van der Waals surface area contributed by atoms with E-state index < -0.39 is 0 Å². The first-order valence-electron chi connectivity index (χ1n) is 9.80. The molecule has 5 nitrogen and oxygen atoms in total. The van der Waals surface area contributed by atoms with Crippen molar-refractivity contribution in [1.29, 1.82) is 0 Å². The summed E-state index contributed by atoms with van der Waals surface area (Å²) < 4.78 is 13.9. The fraction of sp³-hybridized carbons (Fsp3) is 0.261. The molecule has 2 N–H and O–H groups in total. The number of H-pyrrole nitrogens is 1. The lowest BCUT2D eigenvalue weighted by molar-refractivity contribution is -0.126. The first-order chi connectivity index (χ1) is 14.1. The molecule has 4 atom stereocenters. The van der Waals surface area contributed by atoms with Crippen molar-refractivity contribution in [1.82, 2.24) is 15.3 Å². The van der Waals surface area contributed by atoms with Crippen LogP contribution < -0.4 is 10.9 Å². The molecule has 29 heavy (non-hydrogen) atoms. The standard InChI is InChI=1S/C23H20FN3O2/c24-17-7-3-1-5-15(17)12-25-23(29)20-14-10-9-13(11-14)19(20)21-26-18-8-4-2-6-16(18)22(28)27-21/h1-10,13-14,19-20H,11-12H2,(H,25,29)(H,26,27,28). The van der Waals surface area contributed by atoms with E-state index in [1.807, 2.05) is 12.1 Å². The smallest absolute Gasteiger partial charge is 0.258 e. The summed E-state index contributed by atoms with van der Waals surface area (Å²) in [6.07, 6.45) is 5.05. The van der Waals surface area contributed by atoms with E-state index in [9.17, 15) is 14.0 Å². The number of nitrogens with zero attached hydrogens (tertiary/aromatic N) is 1. The van der Waals surface area contributed by atoms with Gasteiger partial charge in [0, 0.05) is 18.0 Å². The Kier molecular flexibility index (Phi) is 4.27. The number of allylic oxidation sites excluding steroid dienone is 2. The van der Waals surface area contributed by atoms with E-state index >= 15 is 0 Å². The van der Waals surface area contributed by atoms with Crippen LogP contribution >= 0.6 is 0 Å². The average molecular weight is 389 g/mol. The van der Waals surface area contributed by atoms with Gasteiger partial charge in [-0.25, -0.2) is 9.37 Å². The third-order valence-corrected chi connectivity index (χ3v) is 6.12. The minimum Gasteiger partial charge on any atom is -0.352 e. The maximum atomic E-state index is 13.9. The van der Waals surface area contributed by atoms with Gasteiger partial charge in [-0.1, -0.05) is 42.5 Å². The monoisotopic (exact) mass is 389 g/mol. The van der Waals surface area contributed by atoms with E-state index in [0.717, 1.165) is 6.42 Å². The lowest BCUT2D eigenvalue weighted by Crippen LogP contribution is -2.37. The molecule has 1 fully saturated rings. The Labute approximate surface area is 166 Å². The lowest BCUT2D eigenvalue weighted by Gasteiger charge is -2.26. The normalized spacial score (nSPS) is 24.9. The summed E-state index contributed by atoms with van der Waals surface area (Å²) in [4.78, 5) is 33.2. The SMILES string of the molecule is O=C(NCc1ccccc1F)C1C2C=CC(C2)C1c1nc2ccccc2c(=O)[nH]1. The lowest BCUT2D eigenvalue weighted by atomic mass is 9.81. The van der Waals surface area contributed by atoms with Gasteiger partial charge >= 0.3 is 0 Å². The predicted molar refractivity (Wildman–Crippen MR) is 108 cm³/mol. The number of fused-ring (bicyclic) bond motifs is 3. The molecular weight excluding hydrogens is 369 g/mol. The second-order valence-corrected chi connectivity index (χ2v) is 7.78. The van der Waals surface area contributed by atoms with Gasteiger partial charge < -0.3 is 10.3 Å². The molecule has 2 aliphatic carbocycles. The van der Waals surface area contributed by atoms with Crippen molar-refractivity contribution in [3.05, 3.63) is 88.2 Å². The fourth-order valence-corrected chi connectivity index (χ4v) is 4.76. The number of rotatable bonds is 4. The van der Waals surface area contributed by atoms with E-state index in [4.69, 9.17) is 0 Å². The van der Waals surface area contributed by atoms with E-state index in [0.29, 0.717) is 22.3 Å². The number of hydrogen-bond acceptors (Lipinski definition) is 3. The van der Waals surface area contributed by atoms with Gasteiger partial charge in [0.2, 0.25) is 5.91 Å². The second kappa shape index (κ2) is 6.95. The van der Waals surface area contributed by atoms with Crippen LogP contribution in [0.2, 0.25) is 0 Å². The van der Waals surface area contributed by atoms with Crippen molar-refractivity contribution >= 4 is 16.8 Å². The fourth-order valence-electron chi connectivity index (χ4n) is 4.76. The van der Waals surface area contributed by atoms with Crippen LogP contribution in [0.4, 0.5) is 4.39 Å². The largest absolute Gasteiger partial charge is 0.352 e. The summed E-state index contributed by atoms with van der Waals surface area (Å²) in [6, 6.07) is 13.6. The Balaban J connectivity index is 1.45. The van der Waals surface area contributed by atoms with E-state index in [1.54, 1.807) is 30.3 Å². The molecule has 5 rings (SSSR count). The van der Waals surface area contributed by atoms with Crippen LogP contribution in [0.25, 0.3) is 10.9 Å². The van der Waals surface area contributed by atoms with Crippen LogP contribution in [-0.2, 0) is 11.3 Å². The van der Waals surface area contributed by atoms with Crippen molar-refractivity contribution in [2.24, 2.45) is 17.8 Å². The molecule has 0 spiro atoms. The van der Waals surface area contributed by atoms with E-state index in [2.05, 4.69) is 27.4 Å². The van der Waals surface area contributed by atoms with Crippen LogP contribution in [0.5, 0.6) is 0 Å². The third kappa shape index (κ3) is 3.05. The summed E-state index contributed by atoms with van der Waals surface area (Å²) in [6.45, 7) is 0.136. The highest BCUT2D eigenvalue weighted by Gasteiger charge is 2.49. The number of nitrogens with one attached hydrogen (secondary N) is 2. The number of benzene rings is 2. The highest BCUT2D eigenvalue weighted by Crippen LogP contribution is 2.52. The number of aromatic nitrogens is 2. The van der Waals surface area contributed by atoms with Gasteiger partial charge in [0.25, 0.3) is 5.56 Å². The predicted octanol–water partition coefficient (Wildman–Crippen LogP) is 3.28. The molecule has 1 aromatic heterocycles. The molecule has 2 aromatic carbocycles. The quantitative estimate of drug-likeness (QED) is 0.673. The minimum absolute atomic E-state index is 0.0994. The molecule has 6 heteroatoms. The summed E-state index contributed by atoms with van der Waals surface area (Å²) in [7, 11) is 0. The Morgan fingerprint density at radius 1 is 1.10 bits per heavy atom. The van der Waals surface area contributed by atoms with Crippen molar-refractivity contribution in [3.8, 4) is 0 Å². The number of halogens is 1. The minimum atomic E-state index is -0.335. The molecule has 2 aliphatic rings. The van der Waals surface area contributed by atoms with Crippen LogP contribution in [0, 0.1) is 23.6 Å². The van der Waals surface area contributed by atoms with Gasteiger partial charge in [0.1, 0.15) is 11.6 Å². The number of amides is 1. The number of hydrogen-bond donors (Lipinski definition) is 2. The molecule has 1 amide bonds. The number of aromatic amines is 1. The van der Waals surface area contributed by atoms with Crippen LogP contribution in [-0.4, -0.2) is 15.9 Å². The van der Waals surface area contributed by atoms with E-state index in [-0.39, 0.29) is 47.5 Å². The van der Waals surface area contributed by atoms with Crippen molar-refractivity contribution in [2.75, 3.05) is 0 Å². The summed E-state index contributed by atoms with van der Waals surface area (Å²) in [5.74, 6) is -0.180. The average Bonchev–Trinajstić information content (AvgIpc) is 3.35. The molecule has 0 radical (unpaired) electrons. The Morgan fingerprint density at radius 2 is 1.86 bits per heavy atom. The first-order valence-corrected chi connectivity index (χ1v) is 9.80. The van der Waals surface area contributed by atoms with Crippen LogP contribution in [0.1, 0.15) is 23.7 Å². The second-order valence-electron chi connectivity index (χ2n) is 7.78. The van der Waals surface area contributed by atoms with Gasteiger partial charge in [-0.3, -0.25) is 9.59 Å². The number of para-hydroxylation sites is 1. The zero-order valence-corrected chi connectivity index (χ0v) is 15.6. The zero-order valence-electron chi connectivity index (χ0n) is 15.6. The van der Waals surface area contributed by atoms with Crippen molar-refractivity contribution < 1.29 is 9.18 Å². The Hall–Kier alpha value is -3.28. The van der Waals surface area contributed by atoms with Gasteiger partial charge in [-0.2, -0.15) is 0 Å². The molecule has 4 unspecified atom stereocenters. The van der Waals surface area contributed by atoms with Gasteiger partial charge in [-0.05, 0) is 36.5 Å². The Morgan fingerprint density at radius 3 is 2.72 bits per heavy atom. The van der Waals surface area contributed by atoms with E-state index in [1.165, 1.54) is 6.07 Å². The maximum Gasteiger partial charge on any atom is 0.258 e. The highest BCUT2D eigenvalue weighted by molar-refractivity contribution is 5.82. The van der Waals surface area contributed by atoms with Gasteiger partial charge in [0.05, 0.1) is 16.8 Å². The molecule has 0 saturated heterocycles. The molecular formula is C23H20FN3O2. The molecule has 2 bridgehead atoms. The summed E-state index contributed by atoms with van der Waals surface area (Å²) >= 11 is 0. The third-order valence-electron chi connectivity index (χ3n) is 6.12. The van der Waals surface area contributed by atoms with Crippen molar-refractivity contribution in [2.45, 2.75) is 18.9 Å². The molecule has 146 valence electrons. The topological polar surface area (TPSA) is 74.8 Å². The molecule has 1 heterocycles. The van der Waals surface area contributed by atoms with Crippen molar-refractivity contribution in [3.63, 3.8) is 0 Å². The molecule has 0 aliphatic heterocycles. The zero-order chi connectivity index (χ0) is 20.0. The van der Waals surface area contributed by atoms with Gasteiger partial charge in [-0.15, -0.1) is 0 Å². The number of carbonyl (C=O) groups is 1.